The van der Waals surface area contributed by atoms with Gasteiger partial charge in [-0.05, 0) is 17.9 Å². The van der Waals surface area contributed by atoms with E-state index in [1.54, 1.807) is 0 Å². The molecule has 114 valence electrons. The molecule has 4 heteroatoms. The fraction of sp³-hybridized carbons (Fsp3) is 0.158. The fourth-order valence-electron chi connectivity index (χ4n) is 2.82. The van der Waals surface area contributed by atoms with E-state index in [-0.39, 0.29) is 11.8 Å². The molecule has 3 aromatic rings. The van der Waals surface area contributed by atoms with E-state index in [0.717, 1.165) is 17.7 Å². The van der Waals surface area contributed by atoms with E-state index in [0.29, 0.717) is 11.0 Å². The third-order valence-corrected chi connectivity index (χ3v) is 4.92. The third kappa shape index (κ3) is 3.03. The van der Waals surface area contributed by atoms with Crippen molar-refractivity contribution in [2.75, 3.05) is 5.32 Å². The minimum atomic E-state index is 0.0708. The van der Waals surface area contributed by atoms with Gasteiger partial charge in [-0.25, -0.2) is 4.98 Å². The summed E-state index contributed by atoms with van der Waals surface area (Å²) < 4.78 is 0. The molecule has 1 aromatic heterocycles. The number of carbonyl (C=O) groups is 1. The predicted molar refractivity (Wildman–Crippen MR) is 93.5 cm³/mol. The van der Waals surface area contributed by atoms with Crippen molar-refractivity contribution in [1.82, 2.24) is 4.98 Å². The Kier molecular flexibility index (Phi) is 3.67. The molecule has 0 unspecified atom stereocenters. The van der Waals surface area contributed by atoms with Gasteiger partial charge in [-0.1, -0.05) is 60.7 Å². The van der Waals surface area contributed by atoms with Gasteiger partial charge in [-0.3, -0.25) is 4.79 Å². The van der Waals surface area contributed by atoms with Crippen molar-refractivity contribution in [2.45, 2.75) is 12.3 Å². The molecule has 23 heavy (non-hydrogen) atoms. The molecule has 2 atom stereocenters. The topological polar surface area (TPSA) is 42.0 Å². The van der Waals surface area contributed by atoms with Crippen molar-refractivity contribution in [3.8, 4) is 11.3 Å². The SMILES string of the molecule is O=C(Nc1nc(-c2ccccc2)cs1)[C@H]1C[C@@H]1c1ccccc1. The van der Waals surface area contributed by atoms with Gasteiger partial charge >= 0.3 is 0 Å². The molecule has 0 saturated heterocycles. The number of nitrogens with one attached hydrogen (secondary N) is 1. The zero-order chi connectivity index (χ0) is 15.6. The Hall–Kier alpha value is -2.46. The number of benzene rings is 2. The van der Waals surface area contributed by atoms with E-state index in [9.17, 15) is 4.79 Å². The van der Waals surface area contributed by atoms with Gasteiger partial charge in [-0.15, -0.1) is 11.3 Å². The van der Waals surface area contributed by atoms with E-state index in [2.05, 4.69) is 22.4 Å². The van der Waals surface area contributed by atoms with Crippen molar-refractivity contribution in [2.24, 2.45) is 5.92 Å². The zero-order valence-electron chi connectivity index (χ0n) is 12.5. The van der Waals surface area contributed by atoms with Gasteiger partial charge in [0.2, 0.25) is 5.91 Å². The molecular weight excluding hydrogens is 304 g/mol. The second kappa shape index (κ2) is 5.97. The maximum absolute atomic E-state index is 12.4. The van der Waals surface area contributed by atoms with Crippen LogP contribution in [0.3, 0.4) is 0 Å². The average Bonchev–Trinajstić information content (AvgIpc) is 3.29. The second-order valence-corrected chi connectivity index (χ2v) is 6.61. The van der Waals surface area contributed by atoms with Crippen LogP contribution >= 0.6 is 11.3 Å². The molecule has 1 saturated carbocycles. The van der Waals surface area contributed by atoms with Gasteiger partial charge in [0, 0.05) is 16.9 Å². The summed E-state index contributed by atoms with van der Waals surface area (Å²) in [5, 5.41) is 5.61. The maximum Gasteiger partial charge on any atom is 0.229 e. The average molecular weight is 320 g/mol. The van der Waals surface area contributed by atoms with Crippen molar-refractivity contribution >= 4 is 22.4 Å². The monoisotopic (exact) mass is 320 g/mol. The normalized spacial score (nSPS) is 19.3. The second-order valence-electron chi connectivity index (χ2n) is 5.75. The molecular formula is C19H16N2OS. The van der Waals surface area contributed by atoms with Crippen LogP contribution in [0.1, 0.15) is 17.9 Å². The van der Waals surface area contributed by atoms with E-state index in [1.165, 1.54) is 16.9 Å². The lowest BCUT2D eigenvalue weighted by Crippen LogP contribution is -2.14. The number of nitrogens with zero attached hydrogens (tertiary/aromatic N) is 1. The Morgan fingerprint density at radius 1 is 1.04 bits per heavy atom. The molecule has 1 aliphatic carbocycles. The van der Waals surface area contributed by atoms with E-state index >= 15 is 0 Å². The first kappa shape index (κ1) is 14.2. The summed E-state index contributed by atoms with van der Waals surface area (Å²) in [5.41, 5.74) is 3.22. The summed E-state index contributed by atoms with van der Waals surface area (Å²) in [6.45, 7) is 0. The van der Waals surface area contributed by atoms with Crippen LogP contribution in [0.4, 0.5) is 5.13 Å². The number of anilines is 1. The number of amides is 1. The van der Waals surface area contributed by atoms with E-state index < -0.39 is 0 Å². The van der Waals surface area contributed by atoms with Crippen molar-refractivity contribution in [3.63, 3.8) is 0 Å². The Labute approximate surface area is 139 Å². The quantitative estimate of drug-likeness (QED) is 0.766. The lowest BCUT2D eigenvalue weighted by Gasteiger charge is -2.01. The fourth-order valence-corrected chi connectivity index (χ4v) is 3.55. The van der Waals surface area contributed by atoms with Crippen molar-refractivity contribution in [3.05, 3.63) is 71.6 Å². The molecule has 1 N–H and O–H groups in total. The highest BCUT2D eigenvalue weighted by atomic mass is 32.1. The molecule has 1 heterocycles. The van der Waals surface area contributed by atoms with Gasteiger partial charge in [0.25, 0.3) is 0 Å². The molecule has 0 spiro atoms. The molecule has 3 nitrogen and oxygen atoms in total. The first-order valence-electron chi connectivity index (χ1n) is 7.68. The van der Waals surface area contributed by atoms with Gasteiger partial charge in [0.1, 0.15) is 0 Å². The molecule has 4 rings (SSSR count). The number of aromatic nitrogens is 1. The highest BCUT2D eigenvalue weighted by Crippen LogP contribution is 2.48. The zero-order valence-corrected chi connectivity index (χ0v) is 13.3. The molecule has 0 radical (unpaired) electrons. The summed E-state index contributed by atoms with van der Waals surface area (Å²) >= 11 is 1.47. The van der Waals surface area contributed by atoms with Crippen LogP contribution < -0.4 is 5.32 Å². The van der Waals surface area contributed by atoms with Crippen LogP contribution in [-0.2, 0) is 4.79 Å². The number of carbonyl (C=O) groups excluding carboxylic acids is 1. The van der Waals surface area contributed by atoms with Crippen molar-refractivity contribution < 1.29 is 4.79 Å². The van der Waals surface area contributed by atoms with Gasteiger partial charge < -0.3 is 5.32 Å². The highest BCUT2D eigenvalue weighted by molar-refractivity contribution is 7.14. The molecule has 1 fully saturated rings. The molecule has 1 amide bonds. The third-order valence-electron chi connectivity index (χ3n) is 4.16. The van der Waals surface area contributed by atoms with Gasteiger partial charge in [0.05, 0.1) is 5.69 Å². The van der Waals surface area contributed by atoms with Gasteiger partial charge in [-0.2, -0.15) is 0 Å². The summed E-state index contributed by atoms with van der Waals surface area (Å²) in [5.74, 6) is 0.499. The highest BCUT2D eigenvalue weighted by Gasteiger charge is 2.44. The Morgan fingerprint density at radius 2 is 1.74 bits per heavy atom. The lowest BCUT2D eigenvalue weighted by molar-refractivity contribution is -0.117. The lowest BCUT2D eigenvalue weighted by atomic mass is 10.1. The minimum Gasteiger partial charge on any atom is -0.302 e. The number of hydrogen-bond acceptors (Lipinski definition) is 3. The minimum absolute atomic E-state index is 0.0708. The molecule has 0 aliphatic heterocycles. The largest absolute Gasteiger partial charge is 0.302 e. The van der Waals surface area contributed by atoms with Crippen molar-refractivity contribution in [1.29, 1.82) is 0 Å². The Balaban J connectivity index is 1.42. The summed E-state index contributed by atoms with van der Waals surface area (Å²) in [6, 6.07) is 20.2. The first-order chi connectivity index (χ1) is 11.3. The number of hydrogen-bond donors (Lipinski definition) is 1. The van der Waals surface area contributed by atoms with Crippen LogP contribution in [0.5, 0.6) is 0 Å². The standard InChI is InChI=1S/C19H16N2OS/c22-18(16-11-15(16)13-7-3-1-4-8-13)21-19-20-17(12-23-19)14-9-5-2-6-10-14/h1-10,12,15-16H,11H2,(H,20,21,22)/t15-,16+/m1/s1. The predicted octanol–water partition coefficient (Wildman–Crippen LogP) is 4.55. The molecule has 2 aromatic carbocycles. The summed E-state index contributed by atoms with van der Waals surface area (Å²) in [6.07, 6.45) is 0.923. The van der Waals surface area contributed by atoms with E-state index in [1.807, 2.05) is 53.9 Å². The number of thiazole rings is 1. The van der Waals surface area contributed by atoms with E-state index in [4.69, 9.17) is 0 Å². The summed E-state index contributed by atoms with van der Waals surface area (Å²) in [7, 11) is 0. The molecule has 0 bridgehead atoms. The smallest absolute Gasteiger partial charge is 0.229 e. The van der Waals surface area contributed by atoms with Crippen LogP contribution in [0, 0.1) is 5.92 Å². The summed E-state index contributed by atoms with van der Waals surface area (Å²) in [4.78, 5) is 16.9. The number of rotatable bonds is 4. The van der Waals surface area contributed by atoms with Crippen LogP contribution in [-0.4, -0.2) is 10.9 Å². The first-order valence-corrected chi connectivity index (χ1v) is 8.56. The maximum atomic E-state index is 12.4. The Bertz CT molecular complexity index is 814. The van der Waals surface area contributed by atoms with Crippen LogP contribution in [0.25, 0.3) is 11.3 Å². The van der Waals surface area contributed by atoms with Crippen LogP contribution in [0.15, 0.2) is 66.0 Å². The van der Waals surface area contributed by atoms with Crippen LogP contribution in [0.2, 0.25) is 0 Å². The molecule has 1 aliphatic rings. The Morgan fingerprint density at radius 3 is 2.48 bits per heavy atom. The van der Waals surface area contributed by atoms with Gasteiger partial charge in [0.15, 0.2) is 5.13 Å².